The average Bonchev–Trinajstić information content (AvgIpc) is 2.64. The van der Waals surface area contributed by atoms with Crippen LogP contribution < -0.4 is 4.90 Å². The van der Waals surface area contributed by atoms with Crippen molar-refractivity contribution in [3.8, 4) is 0 Å². The van der Waals surface area contributed by atoms with E-state index >= 15 is 0 Å². The van der Waals surface area contributed by atoms with E-state index < -0.39 is 0 Å². The third kappa shape index (κ3) is 2.83. The second-order valence-electron chi connectivity index (χ2n) is 3.70. The molecule has 2 rings (SSSR count). The Hall–Kier alpha value is -0.870. The molecule has 0 atom stereocenters. The lowest BCUT2D eigenvalue weighted by molar-refractivity contribution is 0.906. The first-order valence-corrected chi connectivity index (χ1v) is 6.65. The van der Waals surface area contributed by atoms with Crippen LogP contribution in [-0.4, -0.2) is 12.0 Å². The van der Waals surface area contributed by atoms with Gasteiger partial charge in [0.1, 0.15) is 5.82 Å². The van der Waals surface area contributed by atoms with Gasteiger partial charge in [-0.15, -0.1) is 11.3 Å². The van der Waals surface area contributed by atoms with Crippen LogP contribution in [0.25, 0.3) is 0 Å². The molecule has 0 amide bonds. The van der Waals surface area contributed by atoms with Crippen LogP contribution in [0.3, 0.4) is 0 Å². The molecule has 0 bridgehead atoms. The summed E-state index contributed by atoms with van der Waals surface area (Å²) in [7, 11) is 2.06. The maximum Gasteiger partial charge on any atom is 0.128 e. The van der Waals surface area contributed by atoms with Crippen LogP contribution in [0.15, 0.2) is 34.1 Å². The second kappa shape index (κ2) is 4.97. The monoisotopic (exact) mass is 296 g/mol. The Balaban J connectivity index is 2.11. The van der Waals surface area contributed by atoms with Crippen LogP contribution in [0.1, 0.15) is 10.6 Å². The van der Waals surface area contributed by atoms with Gasteiger partial charge in [0.05, 0.1) is 10.3 Å². The smallest absolute Gasteiger partial charge is 0.128 e. The van der Waals surface area contributed by atoms with Gasteiger partial charge in [0, 0.05) is 17.6 Å². The molecule has 0 saturated carbocycles. The molecule has 2 heterocycles. The summed E-state index contributed by atoms with van der Waals surface area (Å²) in [4.78, 5) is 7.98. The van der Waals surface area contributed by atoms with Gasteiger partial charge in [0.15, 0.2) is 0 Å². The predicted molar refractivity (Wildman–Crippen MR) is 73.1 cm³/mol. The summed E-state index contributed by atoms with van der Waals surface area (Å²) in [6.07, 6.45) is 0. The van der Waals surface area contributed by atoms with Crippen LogP contribution >= 0.6 is 27.3 Å². The highest BCUT2D eigenvalue weighted by atomic mass is 79.9. The van der Waals surface area contributed by atoms with Gasteiger partial charge in [-0.2, -0.15) is 0 Å². The van der Waals surface area contributed by atoms with E-state index in [4.69, 9.17) is 0 Å². The Morgan fingerprint density at radius 1 is 1.31 bits per heavy atom. The topological polar surface area (TPSA) is 16.1 Å². The van der Waals surface area contributed by atoms with Gasteiger partial charge < -0.3 is 4.90 Å². The van der Waals surface area contributed by atoms with Crippen molar-refractivity contribution in [2.75, 3.05) is 11.9 Å². The summed E-state index contributed by atoms with van der Waals surface area (Å²) in [6.45, 7) is 2.91. The van der Waals surface area contributed by atoms with Gasteiger partial charge >= 0.3 is 0 Å². The summed E-state index contributed by atoms with van der Waals surface area (Å²) in [6, 6.07) is 10.3. The molecule has 0 aliphatic rings. The fourth-order valence-corrected chi connectivity index (χ4v) is 3.03. The number of thiophene rings is 1. The number of nitrogens with zero attached hydrogens (tertiary/aromatic N) is 2. The maximum atomic E-state index is 4.49. The van der Waals surface area contributed by atoms with E-state index in [-0.39, 0.29) is 0 Å². The number of anilines is 1. The van der Waals surface area contributed by atoms with Crippen LogP contribution in [0.5, 0.6) is 0 Å². The quantitative estimate of drug-likeness (QED) is 0.855. The van der Waals surface area contributed by atoms with Crippen molar-refractivity contribution in [3.05, 3.63) is 44.7 Å². The van der Waals surface area contributed by atoms with E-state index in [1.54, 1.807) is 11.3 Å². The van der Waals surface area contributed by atoms with Crippen molar-refractivity contribution in [2.45, 2.75) is 13.5 Å². The molecule has 0 spiro atoms. The first-order valence-electron chi connectivity index (χ1n) is 5.04. The molecule has 2 nitrogen and oxygen atoms in total. The number of aryl methyl sites for hydroxylation is 1. The Kier molecular flexibility index (Phi) is 3.61. The number of halogens is 1. The fourth-order valence-electron chi connectivity index (χ4n) is 1.49. The van der Waals surface area contributed by atoms with E-state index in [1.165, 1.54) is 8.66 Å². The van der Waals surface area contributed by atoms with Gasteiger partial charge in [-0.25, -0.2) is 4.98 Å². The lowest BCUT2D eigenvalue weighted by Gasteiger charge is -2.17. The lowest BCUT2D eigenvalue weighted by atomic mass is 10.3. The lowest BCUT2D eigenvalue weighted by Crippen LogP contribution is -2.16. The molecule has 0 aliphatic heterocycles. The summed E-state index contributed by atoms with van der Waals surface area (Å²) >= 11 is 5.24. The van der Waals surface area contributed by atoms with Crippen LogP contribution in [-0.2, 0) is 6.54 Å². The molecule has 0 N–H and O–H groups in total. The molecule has 0 unspecified atom stereocenters. The van der Waals surface area contributed by atoms with E-state index in [0.717, 1.165) is 18.1 Å². The molecule has 0 fully saturated rings. The zero-order valence-electron chi connectivity index (χ0n) is 9.27. The van der Waals surface area contributed by atoms with Gasteiger partial charge in [-0.1, -0.05) is 6.07 Å². The molecular formula is C12H13BrN2S. The maximum absolute atomic E-state index is 4.49. The Bertz CT molecular complexity index is 481. The molecular weight excluding hydrogens is 284 g/mol. The standard InChI is InChI=1S/C12H13BrN2S/c1-9-4-3-5-12(14-9)15(2)8-10-6-7-11(13)16-10/h3-7H,8H2,1-2H3. The van der Waals surface area contributed by atoms with E-state index in [1.807, 2.05) is 25.1 Å². The molecule has 2 aromatic rings. The fraction of sp³-hybridized carbons (Fsp3) is 0.250. The molecule has 2 aromatic heterocycles. The third-order valence-corrected chi connectivity index (χ3v) is 3.89. The summed E-state index contributed by atoms with van der Waals surface area (Å²) < 4.78 is 1.17. The normalized spacial score (nSPS) is 10.4. The van der Waals surface area contributed by atoms with Gasteiger partial charge in [-0.05, 0) is 47.1 Å². The van der Waals surface area contributed by atoms with Crippen molar-refractivity contribution >= 4 is 33.1 Å². The average molecular weight is 297 g/mol. The molecule has 4 heteroatoms. The van der Waals surface area contributed by atoms with Gasteiger partial charge in [0.25, 0.3) is 0 Å². The van der Waals surface area contributed by atoms with E-state index in [9.17, 15) is 0 Å². The first kappa shape index (κ1) is 11.6. The molecule has 0 aromatic carbocycles. The van der Waals surface area contributed by atoms with E-state index in [0.29, 0.717) is 0 Å². The van der Waals surface area contributed by atoms with Gasteiger partial charge in [0.2, 0.25) is 0 Å². The largest absolute Gasteiger partial charge is 0.355 e. The van der Waals surface area contributed by atoms with Crippen molar-refractivity contribution in [2.24, 2.45) is 0 Å². The minimum absolute atomic E-state index is 0.896. The molecule has 84 valence electrons. The molecule has 0 radical (unpaired) electrons. The van der Waals surface area contributed by atoms with E-state index in [2.05, 4.69) is 45.0 Å². The Labute approximate surface area is 108 Å². The zero-order valence-corrected chi connectivity index (χ0v) is 11.7. The summed E-state index contributed by atoms with van der Waals surface area (Å²) in [5.41, 5.74) is 1.05. The van der Waals surface area contributed by atoms with Crippen LogP contribution in [0.2, 0.25) is 0 Å². The number of aromatic nitrogens is 1. The summed E-state index contributed by atoms with van der Waals surface area (Å²) in [5.74, 6) is 1.02. The number of rotatable bonds is 3. The highest BCUT2D eigenvalue weighted by Crippen LogP contribution is 2.24. The molecule has 0 aliphatic carbocycles. The van der Waals surface area contributed by atoms with Crippen molar-refractivity contribution in [1.82, 2.24) is 4.98 Å². The van der Waals surface area contributed by atoms with Gasteiger partial charge in [-0.3, -0.25) is 0 Å². The third-order valence-electron chi connectivity index (χ3n) is 2.29. The SMILES string of the molecule is Cc1cccc(N(C)Cc2ccc(Br)s2)n1. The first-order chi connectivity index (χ1) is 7.65. The van der Waals surface area contributed by atoms with Crippen LogP contribution in [0, 0.1) is 6.92 Å². The zero-order chi connectivity index (χ0) is 11.5. The Morgan fingerprint density at radius 3 is 2.75 bits per heavy atom. The van der Waals surface area contributed by atoms with Crippen molar-refractivity contribution in [1.29, 1.82) is 0 Å². The van der Waals surface area contributed by atoms with Crippen molar-refractivity contribution in [3.63, 3.8) is 0 Å². The Morgan fingerprint density at radius 2 is 2.12 bits per heavy atom. The highest BCUT2D eigenvalue weighted by Gasteiger charge is 2.05. The molecule has 16 heavy (non-hydrogen) atoms. The number of hydrogen-bond acceptors (Lipinski definition) is 3. The minimum atomic E-state index is 0.896. The van der Waals surface area contributed by atoms with Crippen molar-refractivity contribution < 1.29 is 0 Å². The highest BCUT2D eigenvalue weighted by molar-refractivity contribution is 9.11. The number of hydrogen-bond donors (Lipinski definition) is 0. The summed E-state index contributed by atoms with van der Waals surface area (Å²) in [5, 5.41) is 0. The minimum Gasteiger partial charge on any atom is -0.355 e. The predicted octanol–water partition coefficient (Wildman–Crippen LogP) is 3.85. The number of pyridine rings is 1. The molecule has 0 saturated heterocycles. The second-order valence-corrected chi connectivity index (χ2v) is 6.25. The van der Waals surface area contributed by atoms with Crippen LogP contribution in [0.4, 0.5) is 5.82 Å².